The van der Waals surface area contributed by atoms with Crippen LogP contribution in [0.2, 0.25) is 0 Å². The summed E-state index contributed by atoms with van der Waals surface area (Å²) < 4.78 is 0. The van der Waals surface area contributed by atoms with E-state index < -0.39 is 23.1 Å². The van der Waals surface area contributed by atoms with Crippen LogP contribution in [0.25, 0.3) is 10.9 Å². The van der Waals surface area contributed by atoms with Gasteiger partial charge in [-0.3, -0.25) is 19.2 Å². The van der Waals surface area contributed by atoms with Crippen LogP contribution in [0.4, 0.5) is 0 Å². The fraction of sp³-hybridized carbons (Fsp3) is 0.440. The molecule has 34 heavy (non-hydrogen) atoms. The zero-order valence-corrected chi connectivity index (χ0v) is 19.8. The molecular formula is C25H30N4O4S. The smallest absolute Gasteiger partial charge is 0.268 e. The minimum Gasteiger partial charge on any atom is -0.356 e. The zero-order chi connectivity index (χ0) is 24.1. The van der Waals surface area contributed by atoms with E-state index in [0.717, 1.165) is 30.2 Å². The van der Waals surface area contributed by atoms with E-state index in [4.69, 9.17) is 0 Å². The third-order valence-electron chi connectivity index (χ3n) is 6.64. The fourth-order valence-corrected chi connectivity index (χ4v) is 4.89. The molecule has 2 aromatic rings. The van der Waals surface area contributed by atoms with Crippen LogP contribution in [0, 0.1) is 11.8 Å². The average molecular weight is 483 g/mol. The van der Waals surface area contributed by atoms with Crippen LogP contribution in [0.1, 0.15) is 49.0 Å². The highest BCUT2D eigenvalue weighted by Gasteiger charge is 2.33. The predicted octanol–water partition coefficient (Wildman–Crippen LogP) is 2.48. The minimum absolute atomic E-state index is 0.119. The van der Waals surface area contributed by atoms with Gasteiger partial charge in [-0.05, 0) is 56.6 Å². The molecular weight excluding hydrogens is 452 g/mol. The van der Waals surface area contributed by atoms with E-state index in [-0.39, 0.29) is 30.1 Å². The first-order valence-electron chi connectivity index (χ1n) is 11.7. The summed E-state index contributed by atoms with van der Waals surface area (Å²) in [4.78, 5) is 53.5. The Balaban J connectivity index is 1.48. The fourth-order valence-electron chi connectivity index (χ4n) is 4.72. The summed E-state index contributed by atoms with van der Waals surface area (Å²) in [6.45, 7) is 0.559. The number of carbonyl (C=O) groups excluding carboxylic acids is 4. The van der Waals surface area contributed by atoms with Crippen molar-refractivity contribution in [2.75, 3.05) is 6.54 Å². The molecule has 180 valence electrons. The molecule has 0 saturated carbocycles. The quantitative estimate of drug-likeness (QED) is 0.279. The number of carbonyl (C=O) groups is 4. The number of rotatable bonds is 9. The summed E-state index contributed by atoms with van der Waals surface area (Å²) in [6, 6.07) is 7.60. The molecule has 1 aromatic heterocycles. The van der Waals surface area contributed by atoms with Crippen molar-refractivity contribution in [3.05, 3.63) is 48.2 Å². The van der Waals surface area contributed by atoms with E-state index in [1.54, 1.807) is 6.07 Å². The topological polar surface area (TPSA) is 120 Å². The van der Waals surface area contributed by atoms with Crippen LogP contribution in [-0.2, 0) is 14.4 Å². The van der Waals surface area contributed by atoms with Gasteiger partial charge in [0.15, 0.2) is 0 Å². The summed E-state index contributed by atoms with van der Waals surface area (Å²) in [5.74, 6) is -1.04. The second-order valence-electron chi connectivity index (χ2n) is 9.09. The van der Waals surface area contributed by atoms with E-state index >= 15 is 0 Å². The van der Waals surface area contributed by atoms with Crippen LogP contribution in [0.3, 0.4) is 0 Å². The number of para-hydroxylation sites is 1. The molecule has 3 amide bonds. The first-order chi connectivity index (χ1) is 16.4. The molecule has 9 heteroatoms. The zero-order valence-electron chi connectivity index (χ0n) is 18.9. The molecule has 0 spiro atoms. The van der Waals surface area contributed by atoms with E-state index in [2.05, 4.69) is 45.7 Å². The Bertz CT molecular complexity index is 1080. The maximum absolute atomic E-state index is 13.3. The van der Waals surface area contributed by atoms with Crippen molar-refractivity contribution in [1.29, 1.82) is 0 Å². The van der Waals surface area contributed by atoms with Crippen LogP contribution in [0.5, 0.6) is 0 Å². The number of nitrogens with one attached hydrogen (secondary N) is 4. The predicted molar refractivity (Wildman–Crippen MR) is 132 cm³/mol. The molecule has 2 aliphatic rings. The van der Waals surface area contributed by atoms with Crippen LogP contribution in [0.15, 0.2) is 42.5 Å². The van der Waals surface area contributed by atoms with Gasteiger partial charge in [0, 0.05) is 23.4 Å². The molecule has 2 heterocycles. The molecule has 4 atom stereocenters. The van der Waals surface area contributed by atoms with Gasteiger partial charge in [0.2, 0.25) is 16.9 Å². The van der Waals surface area contributed by atoms with Gasteiger partial charge in [-0.1, -0.05) is 30.4 Å². The first-order valence-corrected chi connectivity index (χ1v) is 12.2. The molecule has 8 nitrogen and oxygen atoms in total. The Morgan fingerprint density at radius 1 is 1.06 bits per heavy atom. The Hall–Kier alpha value is -3.07. The van der Waals surface area contributed by atoms with Crippen molar-refractivity contribution in [2.45, 2.75) is 50.6 Å². The Labute approximate surface area is 203 Å². The Morgan fingerprint density at radius 3 is 2.56 bits per heavy atom. The first kappa shape index (κ1) is 24.1. The van der Waals surface area contributed by atoms with Gasteiger partial charge in [-0.25, -0.2) is 0 Å². The Kier molecular flexibility index (Phi) is 7.72. The standard InChI is InChI=1S/C25H30N4O4S/c30-22-17(10-11-26-22)14-21(25(33)34)29-23(31)19(12-15-6-2-1-3-7-15)28-24(32)20-13-16-8-4-5-9-18(16)27-20/h1-2,4-5,8-9,13,15,17,19,21,27H,3,6-7,10-12,14H2,(H,26,30)(H,28,32)(H,29,31)(H,33,34)/t15-,17+,19+,21+/m1/s1. The number of hydrogen-bond acceptors (Lipinski definition) is 4. The van der Waals surface area contributed by atoms with Crippen molar-refractivity contribution in [1.82, 2.24) is 20.9 Å². The number of allylic oxidation sites excluding steroid dienone is 2. The number of aromatic nitrogens is 1. The number of fused-ring (bicyclic) bond motifs is 1. The molecule has 0 bridgehead atoms. The lowest BCUT2D eigenvalue weighted by Gasteiger charge is -2.26. The van der Waals surface area contributed by atoms with Gasteiger partial charge in [-0.15, -0.1) is 12.6 Å². The lowest BCUT2D eigenvalue weighted by atomic mass is 9.88. The molecule has 1 aliphatic carbocycles. The monoisotopic (exact) mass is 482 g/mol. The van der Waals surface area contributed by atoms with Crippen molar-refractivity contribution >= 4 is 46.4 Å². The van der Waals surface area contributed by atoms with E-state index in [1.165, 1.54) is 0 Å². The normalized spacial score (nSPS) is 21.6. The molecule has 0 radical (unpaired) electrons. The highest BCUT2D eigenvalue weighted by Crippen LogP contribution is 2.24. The largest absolute Gasteiger partial charge is 0.356 e. The maximum Gasteiger partial charge on any atom is 0.268 e. The molecule has 1 aromatic carbocycles. The van der Waals surface area contributed by atoms with E-state index in [9.17, 15) is 19.2 Å². The van der Waals surface area contributed by atoms with E-state index in [0.29, 0.717) is 25.1 Å². The van der Waals surface area contributed by atoms with Gasteiger partial charge in [0.25, 0.3) is 5.91 Å². The number of thiol groups is 1. The second kappa shape index (κ2) is 10.9. The van der Waals surface area contributed by atoms with Crippen molar-refractivity contribution in [2.24, 2.45) is 11.8 Å². The average Bonchev–Trinajstić information content (AvgIpc) is 3.44. The minimum atomic E-state index is -0.900. The lowest BCUT2D eigenvalue weighted by molar-refractivity contribution is -0.128. The van der Waals surface area contributed by atoms with Crippen LogP contribution >= 0.6 is 12.6 Å². The SMILES string of the molecule is O=C(N[C@@H](C[C@@H]1CC=CCC1)C(=O)N[C@@H](C[C@@H]1CCNC1=O)C(=O)S)c1cc2ccccc2[nH]1. The number of amides is 3. The summed E-state index contributed by atoms with van der Waals surface area (Å²) in [6.07, 6.45) is 8.18. The van der Waals surface area contributed by atoms with Gasteiger partial charge in [-0.2, -0.15) is 0 Å². The number of aromatic amines is 1. The van der Waals surface area contributed by atoms with Crippen LogP contribution in [-0.4, -0.2) is 46.4 Å². The lowest BCUT2D eigenvalue weighted by Crippen LogP contribution is -2.52. The van der Waals surface area contributed by atoms with Crippen molar-refractivity contribution in [3.63, 3.8) is 0 Å². The van der Waals surface area contributed by atoms with Crippen molar-refractivity contribution in [3.8, 4) is 0 Å². The van der Waals surface area contributed by atoms with Gasteiger partial charge in [0.05, 0.1) is 6.04 Å². The summed E-state index contributed by atoms with van der Waals surface area (Å²) >= 11 is 3.94. The number of H-pyrrole nitrogens is 1. The molecule has 1 aliphatic heterocycles. The summed E-state index contributed by atoms with van der Waals surface area (Å²) in [5, 5.41) is 8.76. The highest BCUT2D eigenvalue weighted by molar-refractivity contribution is 7.96. The molecule has 1 fully saturated rings. The highest BCUT2D eigenvalue weighted by atomic mass is 32.1. The van der Waals surface area contributed by atoms with Gasteiger partial charge in [0.1, 0.15) is 11.7 Å². The summed E-state index contributed by atoms with van der Waals surface area (Å²) in [5.41, 5.74) is 1.20. The summed E-state index contributed by atoms with van der Waals surface area (Å²) in [7, 11) is 0. The van der Waals surface area contributed by atoms with Gasteiger partial charge >= 0.3 is 0 Å². The molecule has 4 rings (SSSR count). The molecule has 1 saturated heterocycles. The van der Waals surface area contributed by atoms with Gasteiger partial charge < -0.3 is 20.9 Å². The molecule has 0 unspecified atom stereocenters. The maximum atomic E-state index is 13.3. The van der Waals surface area contributed by atoms with Crippen molar-refractivity contribution < 1.29 is 19.2 Å². The molecule has 4 N–H and O–H groups in total. The van der Waals surface area contributed by atoms with Crippen LogP contribution < -0.4 is 16.0 Å². The second-order valence-corrected chi connectivity index (χ2v) is 9.54. The number of hydrogen-bond donors (Lipinski definition) is 5. The van der Waals surface area contributed by atoms with E-state index in [1.807, 2.05) is 24.3 Å². The number of benzene rings is 1. The Morgan fingerprint density at radius 2 is 1.88 bits per heavy atom. The third-order valence-corrected chi connectivity index (χ3v) is 6.95. The third kappa shape index (κ3) is 5.88.